The van der Waals surface area contributed by atoms with E-state index in [-0.39, 0.29) is 23.4 Å². The molecule has 0 spiro atoms. The third-order valence-corrected chi connectivity index (χ3v) is 5.88. The molecule has 3 aromatic rings. The Labute approximate surface area is 217 Å². The van der Waals surface area contributed by atoms with E-state index in [0.717, 1.165) is 10.5 Å². The maximum absolute atomic E-state index is 13.3. The SMILES string of the molecule is COC(=O)c1ccc(N2C(=O)NC(=O)/C(=C\c3ccc(OC)cc3OCc3ccccc3Cl)C2=O)cc1. The third kappa shape index (κ3) is 5.46. The van der Waals surface area contributed by atoms with Gasteiger partial charge in [-0.2, -0.15) is 0 Å². The molecule has 1 heterocycles. The zero-order valence-electron chi connectivity index (χ0n) is 19.8. The smallest absolute Gasteiger partial charge is 0.337 e. The number of rotatable bonds is 7. The standard InChI is InChI=1S/C27H21ClN2O7/c1-35-20-12-9-17(23(14-20)37-15-18-5-3-4-6-22(18)28)13-21-24(31)29-27(34)30(25(21)32)19-10-7-16(8-11-19)26(33)36-2/h3-14H,15H2,1-2H3,(H,29,31,34)/b21-13+. The molecule has 1 aliphatic rings. The van der Waals surface area contributed by atoms with Crippen molar-refractivity contribution in [3.8, 4) is 11.5 Å². The highest BCUT2D eigenvalue weighted by Crippen LogP contribution is 2.30. The van der Waals surface area contributed by atoms with Gasteiger partial charge in [-0.3, -0.25) is 14.9 Å². The minimum Gasteiger partial charge on any atom is -0.497 e. The van der Waals surface area contributed by atoms with Gasteiger partial charge >= 0.3 is 12.0 Å². The van der Waals surface area contributed by atoms with E-state index in [1.54, 1.807) is 30.3 Å². The van der Waals surface area contributed by atoms with Crippen molar-refractivity contribution in [2.24, 2.45) is 0 Å². The molecule has 0 unspecified atom stereocenters. The number of methoxy groups -OCH3 is 2. The quantitative estimate of drug-likeness (QED) is 0.279. The molecule has 0 radical (unpaired) electrons. The molecule has 4 rings (SSSR count). The Hall–Kier alpha value is -4.63. The van der Waals surface area contributed by atoms with Crippen LogP contribution >= 0.6 is 11.6 Å². The number of hydrogen-bond donors (Lipinski definition) is 1. The molecule has 1 saturated heterocycles. The molecule has 0 atom stereocenters. The van der Waals surface area contributed by atoms with Gasteiger partial charge in [-0.25, -0.2) is 14.5 Å². The molecule has 1 aliphatic heterocycles. The summed E-state index contributed by atoms with van der Waals surface area (Å²) in [6.07, 6.45) is 1.33. The maximum Gasteiger partial charge on any atom is 0.337 e. The summed E-state index contributed by atoms with van der Waals surface area (Å²) in [4.78, 5) is 51.0. The van der Waals surface area contributed by atoms with Crippen molar-refractivity contribution < 1.29 is 33.4 Å². The average Bonchev–Trinajstić information content (AvgIpc) is 2.90. The van der Waals surface area contributed by atoms with E-state index in [1.165, 1.54) is 44.6 Å². The van der Waals surface area contributed by atoms with Crippen LogP contribution in [-0.2, 0) is 20.9 Å². The van der Waals surface area contributed by atoms with Gasteiger partial charge in [-0.1, -0.05) is 29.8 Å². The molecule has 0 aliphatic carbocycles. The van der Waals surface area contributed by atoms with E-state index in [9.17, 15) is 19.2 Å². The highest BCUT2D eigenvalue weighted by molar-refractivity contribution is 6.39. The highest BCUT2D eigenvalue weighted by atomic mass is 35.5. The van der Waals surface area contributed by atoms with Gasteiger partial charge in [-0.05, 0) is 48.5 Å². The number of urea groups is 1. The summed E-state index contributed by atoms with van der Waals surface area (Å²) >= 11 is 6.23. The van der Waals surface area contributed by atoms with Gasteiger partial charge in [0.05, 0.1) is 25.5 Å². The van der Waals surface area contributed by atoms with Gasteiger partial charge in [0.1, 0.15) is 23.7 Å². The number of barbiturate groups is 1. The van der Waals surface area contributed by atoms with Crippen LogP contribution in [-0.4, -0.2) is 38.0 Å². The van der Waals surface area contributed by atoms with Gasteiger partial charge in [0.2, 0.25) is 0 Å². The van der Waals surface area contributed by atoms with Gasteiger partial charge in [0.15, 0.2) is 0 Å². The summed E-state index contributed by atoms with van der Waals surface area (Å²) in [7, 11) is 2.74. The van der Waals surface area contributed by atoms with Crippen LogP contribution in [0.15, 0.2) is 72.3 Å². The minimum absolute atomic E-state index is 0.125. The van der Waals surface area contributed by atoms with Crippen molar-refractivity contribution in [1.29, 1.82) is 0 Å². The summed E-state index contributed by atoms with van der Waals surface area (Å²) < 4.78 is 15.9. The molecule has 1 N–H and O–H groups in total. The lowest BCUT2D eigenvalue weighted by Crippen LogP contribution is -2.54. The van der Waals surface area contributed by atoms with Crippen LogP contribution in [0.3, 0.4) is 0 Å². The van der Waals surface area contributed by atoms with Crippen LogP contribution in [0.25, 0.3) is 6.08 Å². The summed E-state index contributed by atoms with van der Waals surface area (Å²) in [5.74, 6) is -1.44. The number of esters is 1. The van der Waals surface area contributed by atoms with Crippen molar-refractivity contribution in [1.82, 2.24) is 5.32 Å². The fourth-order valence-corrected chi connectivity index (χ4v) is 3.76. The molecule has 0 saturated carbocycles. The Morgan fingerprint density at radius 1 is 1.00 bits per heavy atom. The molecule has 1 fully saturated rings. The molecule has 0 aromatic heterocycles. The van der Waals surface area contributed by atoms with Crippen LogP contribution in [0, 0.1) is 0 Å². The van der Waals surface area contributed by atoms with Gasteiger partial charge in [0, 0.05) is 22.2 Å². The van der Waals surface area contributed by atoms with E-state index < -0.39 is 23.8 Å². The molecule has 4 amide bonds. The highest BCUT2D eigenvalue weighted by Gasteiger charge is 2.37. The second-order valence-electron chi connectivity index (χ2n) is 7.78. The van der Waals surface area contributed by atoms with Crippen molar-refractivity contribution in [2.75, 3.05) is 19.1 Å². The van der Waals surface area contributed by atoms with Gasteiger partial charge in [0.25, 0.3) is 11.8 Å². The van der Waals surface area contributed by atoms with Crippen LogP contribution in [0.1, 0.15) is 21.5 Å². The Morgan fingerprint density at radius 2 is 1.73 bits per heavy atom. The monoisotopic (exact) mass is 520 g/mol. The van der Waals surface area contributed by atoms with Crippen LogP contribution < -0.4 is 19.7 Å². The second-order valence-corrected chi connectivity index (χ2v) is 8.19. The van der Waals surface area contributed by atoms with Crippen LogP contribution in [0.4, 0.5) is 10.5 Å². The first-order valence-corrected chi connectivity index (χ1v) is 11.3. The molecule has 9 nitrogen and oxygen atoms in total. The van der Waals surface area contributed by atoms with Crippen molar-refractivity contribution >= 4 is 47.2 Å². The first-order valence-electron chi connectivity index (χ1n) is 11.0. The predicted octanol–water partition coefficient (Wildman–Crippen LogP) is 4.38. The van der Waals surface area contributed by atoms with Crippen molar-refractivity contribution in [3.05, 3.63) is 94.0 Å². The van der Waals surface area contributed by atoms with Gasteiger partial charge in [-0.15, -0.1) is 0 Å². The molecule has 3 aromatic carbocycles. The lowest BCUT2D eigenvalue weighted by molar-refractivity contribution is -0.122. The number of benzene rings is 3. The molecule has 0 bridgehead atoms. The van der Waals surface area contributed by atoms with E-state index in [0.29, 0.717) is 22.1 Å². The minimum atomic E-state index is -0.914. The molecule has 10 heteroatoms. The second kappa shape index (κ2) is 11.0. The van der Waals surface area contributed by atoms with Crippen molar-refractivity contribution in [3.63, 3.8) is 0 Å². The number of carbonyl (C=O) groups is 4. The first kappa shape index (κ1) is 25.5. The third-order valence-electron chi connectivity index (χ3n) is 5.51. The lowest BCUT2D eigenvalue weighted by Gasteiger charge is -2.26. The Bertz CT molecular complexity index is 1420. The summed E-state index contributed by atoms with van der Waals surface area (Å²) in [5.41, 5.74) is 1.26. The Kier molecular flexibility index (Phi) is 7.55. The zero-order chi connectivity index (χ0) is 26.5. The van der Waals surface area contributed by atoms with Gasteiger partial charge < -0.3 is 14.2 Å². The summed E-state index contributed by atoms with van der Waals surface area (Å²) in [6.45, 7) is 0.125. The number of carbonyl (C=O) groups excluding carboxylic acids is 4. The number of amides is 4. The fraction of sp³-hybridized carbons (Fsp3) is 0.111. The van der Waals surface area contributed by atoms with Crippen LogP contribution in [0.2, 0.25) is 5.02 Å². The van der Waals surface area contributed by atoms with Crippen LogP contribution in [0.5, 0.6) is 11.5 Å². The number of halogens is 1. The number of hydrogen-bond acceptors (Lipinski definition) is 7. The zero-order valence-corrected chi connectivity index (χ0v) is 20.6. The lowest BCUT2D eigenvalue weighted by atomic mass is 10.1. The molecular weight excluding hydrogens is 500 g/mol. The Balaban J connectivity index is 1.67. The number of nitrogens with zero attached hydrogens (tertiary/aromatic N) is 1. The number of ether oxygens (including phenoxy) is 3. The topological polar surface area (TPSA) is 111 Å². The van der Waals surface area contributed by atoms with E-state index in [2.05, 4.69) is 10.1 Å². The number of anilines is 1. The summed E-state index contributed by atoms with van der Waals surface area (Å²) in [5, 5.41) is 2.70. The summed E-state index contributed by atoms with van der Waals surface area (Å²) in [6, 6.07) is 16.8. The number of imide groups is 2. The Morgan fingerprint density at radius 3 is 2.41 bits per heavy atom. The van der Waals surface area contributed by atoms with E-state index in [1.807, 2.05) is 12.1 Å². The maximum atomic E-state index is 13.3. The van der Waals surface area contributed by atoms with E-state index in [4.69, 9.17) is 21.1 Å². The average molecular weight is 521 g/mol. The normalized spacial score (nSPS) is 14.4. The molecule has 37 heavy (non-hydrogen) atoms. The fourth-order valence-electron chi connectivity index (χ4n) is 3.57. The molecular formula is C27H21ClN2O7. The predicted molar refractivity (Wildman–Crippen MR) is 136 cm³/mol. The first-order chi connectivity index (χ1) is 17.8. The number of nitrogens with one attached hydrogen (secondary N) is 1. The van der Waals surface area contributed by atoms with Crippen molar-refractivity contribution in [2.45, 2.75) is 6.61 Å². The van der Waals surface area contributed by atoms with E-state index >= 15 is 0 Å². The molecule has 188 valence electrons. The largest absolute Gasteiger partial charge is 0.497 e.